The lowest BCUT2D eigenvalue weighted by Gasteiger charge is -2.04. The fraction of sp³-hybridized carbons (Fsp3) is 0.222. The van der Waals surface area contributed by atoms with Crippen molar-refractivity contribution in [2.24, 2.45) is 7.05 Å². The number of hydrogen-bond acceptors (Lipinski definition) is 5. The second-order valence-corrected chi connectivity index (χ2v) is 7.12. The van der Waals surface area contributed by atoms with E-state index in [1.807, 2.05) is 25.1 Å². The van der Waals surface area contributed by atoms with Crippen LogP contribution in [0.2, 0.25) is 0 Å². The third-order valence-electron chi connectivity index (χ3n) is 4.34. The highest BCUT2D eigenvalue weighted by Crippen LogP contribution is 2.28. The van der Waals surface area contributed by atoms with Gasteiger partial charge in [0.2, 0.25) is 0 Å². The summed E-state index contributed by atoms with van der Waals surface area (Å²) in [6.07, 6.45) is 2.29. The summed E-state index contributed by atoms with van der Waals surface area (Å²) in [7, 11) is 1.65. The highest BCUT2D eigenvalue weighted by Gasteiger charge is 2.19. The lowest BCUT2D eigenvalue weighted by molar-refractivity contribution is 0.103. The van der Waals surface area contributed by atoms with E-state index in [-0.39, 0.29) is 11.5 Å². The normalized spacial score (nSPS) is 11.3. The van der Waals surface area contributed by atoms with Crippen molar-refractivity contribution < 1.29 is 4.79 Å². The van der Waals surface area contributed by atoms with Crippen LogP contribution in [-0.4, -0.2) is 25.4 Å². The van der Waals surface area contributed by atoms with E-state index in [2.05, 4.69) is 20.3 Å². The number of imidazole rings is 1. The second-order valence-electron chi connectivity index (χ2n) is 6.12. The van der Waals surface area contributed by atoms with Gasteiger partial charge in [0.1, 0.15) is 10.7 Å². The van der Waals surface area contributed by atoms with Crippen molar-refractivity contribution in [2.45, 2.75) is 20.3 Å². The first-order valence-electron chi connectivity index (χ1n) is 8.22. The predicted octanol–water partition coefficient (Wildman–Crippen LogP) is 2.99. The van der Waals surface area contributed by atoms with Crippen LogP contribution in [0, 0.1) is 6.92 Å². The van der Waals surface area contributed by atoms with Crippen molar-refractivity contribution in [3.05, 3.63) is 51.1 Å². The number of nitrogens with zero attached hydrogens (tertiary/aromatic N) is 3. The second kappa shape index (κ2) is 6.06. The monoisotopic (exact) mass is 367 g/mol. The summed E-state index contributed by atoms with van der Waals surface area (Å²) in [5.74, 6) is 0.660. The number of carbonyl (C=O) groups is 1. The molecule has 7 nitrogen and oxygen atoms in total. The van der Waals surface area contributed by atoms with Crippen LogP contribution in [0.3, 0.4) is 0 Å². The molecule has 4 rings (SSSR count). The molecule has 132 valence electrons. The molecular formula is C18H17N5O2S. The van der Waals surface area contributed by atoms with E-state index >= 15 is 0 Å². The van der Waals surface area contributed by atoms with Gasteiger partial charge in [-0.3, -0.25) is 9.59 Å². The Morgan fingerprint density at radius 3 is 2.96 bits per heavy atom. The Morgan fingerprint density at radius 2 is 2.19 bits per heavy atom. The summed E-state index contributed by atoms with van der Waals surface area (Å²) in [5, 5.41) is 3.40. The maximum absolute atomic E-state index is 12.7. The first-order chi connectivity index (χ1) is 12.5. The zero-order valence-electron chi connectivity index (χ0n) is 14.6. The number of nitrogens with one attached hydrogen (secondary N) is 2. The Labute approximate surface area is 152 Å². The van der Waals surface area contributed by atoms with Gasteiger partial charge in [-0.25, -0.2) is 9.97 Å². The third kappa shape index (κ3) is 2.59. The standard InChI is InChI=1S/C18H17N5O2S/c1-4-13-21-11-6-5-10(7-12(11)22-13)20-16(24)15-9(2)14-17(26-15)19-8-23(3)18(14)25/h5-8H,4H2,1-3H3,(H,20,24)(H,21,22). The molecule has 1 aromatic carbocycles. The molecule has 26 heavy (non-hydrogen) atoms. The number of amides is 1. The average molecular weight is 367 g/mol. The number of hydrogen-bond donors (Lipinski definition) is 2. The Hall–Kier alpha value is -3.00. The molecule has 0 unspecified atom stereocenters. The lowest BCUT2D eigenvalue weighted by atomic mass is 10.2. The summed E-state index contributed by atoms with van der Waals surface area (Å²) in [6, 6.07) is 5.55. The fourth-order valence-electron chi connectivity index (χ4n) is 2.92. The molecule has 8 heteroatoms. The van der Waals surface area contributed by atoms with Crippen molar-refractivity contribution in [1.29, 1.82) is 0 Å². The van der Waals surface area contributed by atoms with Crippen molar-refractivity contribution in [3.8, 4) is 0 Å². The number of aryl methyl sites for hydroxylation is 3. The van der Waals surface area contributed by atoms with E-state index in [1.54, 1.807) is 14.0 Å². The zero-order valence-corrected chi connectivity index (χ0v) is 15.4. The van der Waals surface area contributed by atoms with Gasteiger partial charge in [0.25, 0.3) is 11.5 Å². The molecule has 0 aliphatic carbocycles. The molecule has 0 fully saturated rings. The predicted molar refractivity (Wildman–Crippen MR) is 103 cm³/mol. The van der Waals surface area contributed by atoms with E-state index in [9.17, 15) is 9.59 Å². The minimum atomic E-state index is -0.248. The molecule has 0 bridgehead atoms. The lowest BCUT2D eigenvalue weighted by Crippen LogP contribution is -2.17. The number of H-pyrrole nitrogens is 1. The molecule has 3 heterocycles. The van der Waals surface area contributed by atoms with Crippen molar-refractivity contribution >= 4 is 44.2 Å². The molecule has 0 saturated carbocycles. The van der Waals surface area contributed by atoms with Gasteiger partial charge >= 0.3 is 0 Å². The first kappa shape index (κ1) is 16.5. The zero-order chi connectivity index (χ0) is 18.4. The van der Waals surface area contributed by atoms with E-state index in [0.29, 0.717) is 26.3 Å². The van der Waals surface area contributed by atoms with Crippen LogP contribution in [0.5, 0.6) is 0 Å². The minimum Gasteiger partial charge on any atom is -0.342 e. The summed E-state index contributed by atoms with van der Waals surface area (Å²) >= 11 is 1.23. The molecule has 2 N–H and O–H groups in total. The Morgan fingerprint density at radius 1 is 1.38 bits per heavy atom. The van der Waals surface area contributed by atoms with Gasteiger partial charge in [-0.15, -0.1) is 11.3 Å². The summed E-state index contributed by atoms with van der Waals surface area (Å²) < 4.78 is 1.42. The number of fused-ring (bicyclic) bond motifs is 2. The van der Waals surface area contributed by atoms with Crippen LogP contribution in [0.4, 0.5) is 5.69 Å². The topological polar surface area (TPSA) is 92.7 Å². The SMILES string of the molecule is CCc1nc2ccc(NC(=O)c3sc4ncn(C)c(=O)c4c3C)cc2[nH]1. The number of benzene rings is 1. The van der Waals surface area contributed by atoms with Crippen LogP contribution < -0.4 is 10.9 Å². The molecule has 0 radical (unpaired) electrons. The number of thiophene rings is 1. The quantitative estimate of drug-likeness (QED) is 0.582. The molecule has 0 aliphatic heterocycles. The molecule has 1 amide bonds. The van der Waals surface area contributed by atoms with Crippen LogP contribution in [0.1, 0.15) is 28.0 Å². The molecule has 0 atom stereocenters. The highest BCUT2D eigenvalue weighted by molar-refractivity contribution is 7.20. The fourth-order valence-corrected chi connectivity index (χ4v) is 3.96. The number of aromatic amines is 1. The minimum absolute atomic E-state index is 0.145. The largest absolute Gasteiger partial charge is 0.342 e. The van der Waals surface area contributed by atoms with Crippen molar-refractivity contribution in [3.63, 3.8) is 0 Å². The Kier molecular flexibility index (Phi) is 3.84. The van der Waals surface area contributed by atoms with Crippen LogP contribution in [-0.2, 0) is 13.5 Å². The van der Waals surface area contributed by atoms with Gasteiger partial charge in [-0.05, 0) is 30.7 Å². The molecule has 0 aliphatic rings. The van der Waals surface area contributed by atoms with Gasteiger partial charge in [0.05, 0.1) is 27.6 Å². The van der Waals surface area contributed by atoms with Crippen molar-refractivity contribution in [2.75, 3.05) is 5.32 Å². The maximum Gasteiger partial charge on any atom is 0.266 e. The summed E-state index contributed by atoms with van der Waals surface area (Å²) in [5.41, 5.74) is 2.93. The van der Waals surface area contributed by atoms with Gasteiger partial charge in [-0.1, -0.05) is 6.92 Å². The maximum atomic E-state index is 12.7. The number of aromatic nitrogens is 4. The first-order valence-corrected chi connectivity index (χ1v) is 9.04. The Bertz CT molecular complexity index is 1220. The molecular weight excluding hydrogens is 350 g/mol. The van der Waals surface area contributed by atoms with Crippen LogP contribution >= 0.6 is 11.3 Å². The number of carbonyl (C=O) groups excluding carboxylic acids is 1. The molecule has 0 spiro atoms. The van der Waals surface area contributed by atoms with Gasteiger partial charge in [0.15, 0.2) is 0 Å². The van der Waals surface area contributed by atoms with Crippen LogP contribution in [0.25, 0.3) is 21.3 Å². The van der Waals surface area contributed by atoms with Crippen LogP contribution in [0.15, 0.2) is 29.3 Å². The number of anilines is 1. The van der Waals surface area contributed by atoms with Gasteiger partial charge in [-0.2, -0.15) is 0 Å². The summed E-state index contributed by atoms with van der Waals surface area (Å²) in [4.78, 5) is 38.1. The molecule has 0 saturated heterocycles. The van der Waals surface area contributed by atoms with E-state index < -0.39 is 0 Å². The third-order valence-corrected chi connectivity index (χ3v) is 5.54. The summed E-state index contributed by atoms with van der Waals surface area (Å²) in [6.45, 7) is 3.81. The smallest absolute Gasteiger partial charge is 0.266 e. The van der Waals surface area contributed by atoms with Gasteiger partial charge in [0, 0.05) is 19.2 Å². The van der Waals surface area contributed by atoms with E-state index in [4.69, 9.17) is 0 Å². The molecule has 3 aromatic heterocycles. The Balaban J connectivity index is 1.70. The highest BCUT2D eigenvalue weighted by atomic mass is 32.1. The number of rotatable bonds is 3. The van der Waals surface area contributed by atoms with Crippen molar-refractivity contribution in [1.82, 2.24) is 19.5 Å². The molecule has 4 aromatic rings. The van der Waals surface area contributed by atoms with E-state index in [0.717, 1.165) is 23.3 Å². The average Bonchev–Trinajstić information content (AvgIpc) is 3.19. The van der Waals surface area contributed by atoms with Gasteiger partial charge < -0.3 is 14.9 Å². The van der Waals surface area contributed by atoms with E-state index in [1.165, 1.54) is 22.2 Å².